The lowest BCUT2D eigenvalue weighted by Crippen LogP contribution is -2.13. The van der Waals surface area contributed by atoms with Gasteiger partial charge in [-0.05, 0) is 35.9 Å². The second-order valence-corrected chi connectivity index (χ2v) is 7.22. The number of benzene rings is 3. The number of aromatic nitrogens is 1. The summed E-state index contributed by atoms with van der Waals surface area (Å²) in [6.07, 6.45) is 3.48. The number of hydrogen-bond acceptors (Lipinski definition) is 3. The molecule has 0 aliphatic carbocycles. The van der Waals surface area contributed by atoms with Gasteiger partial charge in [0, 0.05) is 34.9 Å². The van der Waals surface area contributed by atoms with E-state index in [1.807, 2.05) is 66.9 Å². The fraction of sp³-hybridized carbons (Fsp3) is 0.0385. The molecule has 0 spiro atoms. The minimum Gasteiger partial charge on any atom is -0.478 e. The number of carbonyl (C=O) groups is 2. The van der Waals surface area contributed by atoms with Crippen LogP contribution in [0.5, 0.6) is 0 Å². The lowest BCUT2D eigenvalue weighted by Gasteiger charge is -2.05. The largest absolute Gasteiger partial charge is 0.478 e. The molecule has 0 aliphatic rings. The predicted molar refractivity (Wildman–Crippen MR) is 123 cm³/mol. The summed E-state index contributed by atoms with van der Waals surface area (Å²) in [5.74, 6) is -1.70. The van der Waals surface area contributed by atoms with E-state index in [1.54, 1.807) is 12.1 Å². The van der Waals surface area contributed by atoms with Crippen LogP contribution in [0.4, 0.5) is 5.69 Å². The van der Waals surface area contributed by atoms with Gasteiger partial charge in [0.05, 0.1) is 5.56 Å². The molecule has 0 saturated carbocycles. The maximum atomic E-state index is 12.7. The Bertz CT molecular complexity index is 1380. The summed E-state index contributed by atoms with van der Waals surface area (Å²) in [7, 11) is 0. The summed E-state index contributed by atoms with van der Waals surface area (Å²) in [5.41, 5.74) is 3.17. The number of amides is 1. The number of anilines is 1. The van der Waals surface area contributed by atoms with E-state index in [4.69, 9.17) is 5.11 Å². The van der Waals surface area contributed by atoms with E-state index in [2.05, 4.69) is 9.88 Å². The molecule has 32 heavy (non-hydrogen) atoms. The number of nitrogens with zero attached hydrogens (tertiary/aromatic N) is 2. The summed E-state index contributed by atoms with van der Waals surface area (Å²) in [6.45, 7) is 0.658. The Kier molecular flexibility index (Phi) is 5.82. The molecule has 1 amide bonds. The van der Waals surface area contributed by atoms with Crippen molar-refractivity contribution in [3.05, 3.63) is 107 Å². The zero-order valence-corrected chi connectivity index (χ0v) is 17.0. The van der Waals surface area contributed by atoms with Crippen molar-refractivity contribution in [2.75, 3.05) is 5.32 Å². The average Bonchev–Trinajstić information content (AvgIpc) is 3.15. The number of nitrogens with one attached hydrogen (secondary N) is 1. The van der Waals surface area contributed by atoms with Gasteiger partial charge < -0.3 is 15.0 Å². The molecule has 6 nitrogen and oxygen atoms in total. The molecule has 0 aliphatic heterocycles. The molecule has 0 radical (unpaired) electrons. The van der Waals surface area contributed by atoms with Gasteiger partial charge in [0.25, 0.3) is 5.91 Å². The first-order valence-electron chi connectivity index (χ1n) is 9.93. The molecule has 0 bridgehead atoms. The van der Waals surface area contributed by atoms with Crippen LogP contribution in [0.25, 0.3) is 17.0 Å². The molecular weight excluding hydrogens is 402 g/mol. The van der Waals surface area contributed by atoms with Crippen LogP contribution in [-0.4, -0.2) is 21.6 Å². The highest BCUT2D eigenvalue weighted by atomic mass is 16.4. The molecular formula is C26H19N3O3. The molecule has 1 heterocycles. The third kappa shape index (κ3) is 4.42. The fourth-order valence-electron chi connectivity index (χ4n) is 3.53. The number of rotatable bonds is 6. The zero-order valence-electron chi connectivity index (χ0n) is 17.0. The highest BCUT2D eigenvalue weighted by Gasteiger charge is 2.14. The Hall–Kier alpha value is -4.63. The summed E-state index contributed by atoms with van der Waals surface area (Å²) in [6, 6.07) is 25.7. The van der Waals surface area contributed by atoms with Crippen LogP contribution in [0.2, 0.25) is 0 Å². The van der Waals surface area contributed by atoms with Gasteiger partial charge in [0.2, 0.25) is 0 Å². The van der Waals surface area contributed by atoms with Crippen LogP contribution in [0.1, 0.15) is 21.5 Å². The quantitative estimate of drug-likeness (QED) is 0.341. The van der Waals surface area contributed by atoms with E-state index in [-0.39, 0.29) is 11.1 Å². The first-order valence-corrected chi connectivity index (χ1v) is 9.93. The number of aromatic carboxylic acids is 1. The molecule has 3 aromatic carbocycles. The topological polar surface area (TPSA) is 95.1 Å². The third-order valence-electron chi connectivity index (χ3n) is 5.05. The number of carbonyl (C=O) groups excluding carboxylic acids is 1. The monoisotopic (exact) mass is 421 g/mol. The molecule has 156 valence electrons. The molecule has 4 aromatic rings. The summed E-state index contributed by atoms with van der Waals surface area (Å²) >= 11 is 0. The molecule has 6 heteroatoms. The average molecular weight is 421 g/mol. The van der Waals surface area contributed by atoms with Crippen LogP contribution < -0.4 is 5.32 Å². The van der Waals surface area contributed by atoms with E-state index >= 15 is 0 Å². The standard InChI is InChI=1S/C26H19N3O3/c27-15-20(25(30)28-22-10-6-9-19(14-22)26(31)32)13-21-17-29(16-18-7-2-1-3-8-18)24-12-5-4-11-23(21)24/h1-14,17H,16H2,(H,28,30)(H,31,32). The lowest BCUT2D eigenvalue weighted by atomic mass is 10.1. The van der Waals surface area contributed by atoms with E-state index in [0.29, 0.717) is 12.2 Å². The van der Waals surface area contributed by atoms with Gasteiger partial charge in [0.15, 0.2) is 0 Å². The third-order valence-corrected chi connectivity index (χ3v) is 5.05. The minimum absolute atomic E-state index is 0.0502. The number of carboxylic acid groups (broad SMARTS) is 1. The second-order valence-electron chi connectivity index (χ2n) is 7.22. The number of carboxylic acids is 1. The van der Waals surface area contributed by atoms with Crippen molar-refractivity contribution in [2.24, 2.45) is 0 Å². The van der Waals surface area contributed by atoms with Crippen molar-refractivity contribution < 1.29 is 14.7 Å². The summed E-state index contributed by atoms with van der Waals surface area (Å²) < 4.78 is 2.08. The van der Waals surface area contributed by atoms with Gasteiger partial charge in [-0.15, -0.1) is 0 Å². The Morgan fingerprint density at radius 2 is 1.75 bits per heavy atom. The zero-order chi connectivity index (χ0) is 22.5. The smallest absolute Gasteiger partial charge is 0.335 e. The van der Waals surface area contributed by atoms with Gasteiger partial charge in [-0.3, -0.25) is 4.79 Å². The van der Waals surface area contributed by atoms with Gasteiger partial charge in [-0.25, -0.2) is 4.79 Å². The van der Waals surface area contributed by atoms with Gasteiger partial charge in [0.1, 0.15) is 11.6 Å². The van der Waals surface area contributed by atoms with E-state index in [1.165, 1.54) is 18.2 Å². The van der Waals surface area contributed by atoms with E-state index in [9.17, 15) is 14.9 Å². The first-order chi connectivity index (χ1) is 15.5. The maximum Gasteiger partial charge on any atom is 0.335 e. The Labute approximate surface area is 184 Å². The molecule has 4 rings (SSSR count). The molecule has 1 aromatic heterocycles. The Balaban J connectivity index is 1.66. The Morgan fingerprint density at radius 3 is 2.50 bits per heavy atom. The molecule has 2 N–H and O–H groups in total. The van der Waals surface area contributed by atoms with Gasteiger partial charge in [-0.1, -0.05) is 54.6 Å². The van der Waals surface area contributed by atoms with Crippen LogP contribution in [-0.2, 0) is 11.3 Å². The van der Waals surface area contributed by atoms with Gasteiger partial charge >= 0.3 is 5.97 Å². The van der Waals surface area contributed by atoms with E-state index in [0.717, 1.165) is 22.0 Å². The highest BCUT2D eigenvalue weighted by molar-refractivity contribution is 6.11. The van der Waals surface area contributed by atoms with Crippen LogP contribution in [0, 0.1) is 11.3 Å². The maximum absolute atomic E-state index is 12.7. The first kappa shape index (κ1) is 20.6. The van der Waals surface area contributed by atoms with Crippen LogP contribution in [0.15, 0.2) is 90.6 Å². The van der Waals surface area contributed by atoms with Crippen molar-refractivity contribution in [3.8, 4) is 6.07 Å². The predicted octanol–water partition coefficient (Wildman–Crippen LogP) is 4.93. The fourth-order valence-corrected chi connectivity index (χ4v) is 3.53. The van der Waals surface area contributed by atoms with Crippen molar-refractivity contribution in [3.63, 3.8) is 0 Å². The SMILES string of the molecule is N#CC(=Cc1cn(Cc2ccccc2)c2ccccc12)C(=O)Nc1cccc(C(=O)O)c1. The number of fused-ring (bicyclic) bond motifs is 1. The minimum atomic E-state index is -1.09. The molecule has 0 saturated heterocycles. The van der Waals surface area contributed by atoms with Crippen molar-refractivity contribution >= 4 is 34.5 Å². The molecule has 0 atom stereocenters. The number of hydrogen-bond donors (Lipinski definition) is 2. The Morgan fingerprint density at radius 1 is 1.00 bits per heavy atom. The van der Waals surface area contributed by atoms with Crippen LogP contribution in [0.3, 0.4) is 0 Å². The normalized spacial score (nSPS) is 11.2. The van der Waals surface area contributed by atoms with Crippen molar-refractivity contribution in [2.45, 2.75) is 6.54 Å². The number of para-hydroxylation sites is 1. The van der Waals surface area contributed by atoms with Gasteiger partial charge in [-0.2, -0.15) is 5.26 Å². The molecule has 0 unspecified atom stereocenters. The molecule has 0 fully saturated rings. The summed E-state index contributed by atoms with van der Waals surface area (Å²) in [5, 5.41) is 22.3. The second kappa shape index (κ2) is 9.02. The van der Waals surface area contributed by atoms with Crippen molar-refractivity contribution in [1.29, 1.82) is 5.26 Å². The van der Waals surface area contributed by atoms with Crippen LogP contribution >= 0.6 is 0 Å². The highest BCUT2D eigenvalue weighted by Crippen LogP contribution is 2.25. The lowest BCUT2D eigenvalue weighted by molar-refractivity contribution is -0.112. The number of nitriles is 1. The summed E-state index contributed by atoms with van der Waals surface area (Å²) in [4.78, 5) is 23.9. The van der Waals surface area contributed by atoms with E-state index < -0.39 is 11.9 Å². The van der Waals surface area contributed by atoms with Crippen molar-refractivity contribution in [1.82, 2.24) is 4.57 Å².